The fourth-order valence-corrected chi connectivity index (χ4v) is 3.08. The maximum Gasteiger partial charge on any atom is 0.429 e. The smallest absolute Gasteiger partial charge is 0.429 e. The second kappa shape index (κ2) is 9.75. The fourth-order valence-electron chi connectivity index (χ4n) is 3.08. The number of carbonyl (C=O) groups is 2. The van der Waals surface area contributed by atoms with Crippen molar-refractivity contribution in [1.29, 1.82) is 0 Å². The van der Waals surface area contributed by atoms with Gasteiger partial charge in [-0.2, -0.15) is 0 Å². The van der Waals surface area contributed by atoms with Crippen molar-refractivity contribution in [3.63, 3.8) is 0 Å². The standard InChI is InChI=1S/C21H24N2O5/c24-14-19-12-7-13-22(20(25)27-15-17-8-3-1-4-9-17)23(19)21(26)28-16-18-10-5-2-6-11-18/h1-6,8-11,19,24H,7,12-16H2/t19-/m1/s1. The summed E-state index contributed by atoms with van der Waals surface area (Å²) >= 11 is 0. The molecule has 2 amide bonds. The summed E-state index contributed by atoms with van der Waals surface area (Å²) in [6.45, 7) is 0.252. The Labute approximate surface area is 164 Å². The van der Waals surface area contributed by atoms with Crippen molar-refractivity contribution in [2.24, 2.45) is 0 Å². The molecule has 0 radical (unpaired) electrons. The van der Waals surface area contributed by atoms with Gasteiger partial charge in [0.25, 0.3) is 0 Å². The number of ether oxygens (including phenoxy) is 2. The summed E-state index contributed by atoms with van der Waals surface area (Å²) in [6, 6.07) is 18.1. The number of carbonyl (C=O) groups excluding carboxylic acids is 2. The number of aliphatic hydroxyl groups is 1. The zero-order valence-corrected chi connectivity index (χ0v) is 15.6. The Bertz CT molecular complexity index is 769. The predicted molar refractivity (Wildman–Crippen MR) is 102 cm³/mol. The molecule has 148 valence electrons. The highest BCUT2D eigenvalue weighted by atomic mass is 16.6. The van der Waals surface area contributed by atoms with Crippen LogP contribution in [0.2, 0.25) is 0 Å². The maximum absolute atomic E-state index is 12.7. The number of hydrogen-bond acceptors (Lipinski definition) is 5. The Morgan fingerprint density at radius 3 is 1.96 bits per heavy atom. The molecule has 0 bridgehead atoms. The normalized spacial score (nSPS) is 16.5. The molecule has 1 saturated heterocycles. The molecule has 0 saturated carbocycles. The van der Waals surface area contributed by atoms with E-state index in [2.05, 4.69) is 0 Å². The molecule has 28 heavy (non-hydrogen) atoms. The Kier molecular flexibility index (Phi) is 6.86. The summed E-state index contributed by atoms with van der Waals surface area (Å²) in [6.07, 6.45) is -0.0778. The van der Waals surface area contributed by atoms with Gasteiger partial charge in [-0.3, -0.25) is 0 Å². The summed E-state index contributed by atoms with van der Waals surface area (Å²) in [5.74, 6) is 0. The van der Waals surface area contributed by atoms with E-state index in [0.29, 0.717) is 19.4 Å². The Morgan fingerprint density at radius 2 is 1.43 bits per heavy atom. The molecule has 0 spiro atoms. The monoisotopic (exact) mass is 384 g/mol. The minimum atomic E-state index is -0.681. The van der Waals surface area contributed by atoms with Crippen LogP contribution in [0.4, 0.5) is 9.59 Å². The molecule has 1 atom stereocenters. The lowest BCUT2D eigenvalue weighted by Gasteiger charge is -2.41. The van der Waals surface area contributed by atoms with Gasteiger partial charge in [0, 0.05) is 6.54 Å². The van der Waals surface area contributed by atoms with E-state index in [0.717, 1.165) is 11.1 Å². The van der Waals surface area contributed by atoms with Crippen molar-refractivity contribution in [2.75, 3.05) is 13.2 Å². The van der Waals surface area contributed by atoms with Crippen LogP contribution in [-0.2, 0) is 22.7 Å². The van der Waals surface area contributed by atoms with Crippen molar-refractivity contribution in [2.45, 2.75) is 32.1 Å². The number of hydrazine groups is 1. The molecular weight excluding hydrogens is 360 g/mol. The largest absolute Gasteiger partial charge is 0.443 e. The summed E-state index contributed by atoms with van der Waals surface area (Å²) in [5, 5.41) is 12.1. The summed E-state index contributed by atoms with van der Waals surface area (Å²) < 4.78 is 10.7. The fraction of sp³-hybridized carbons (Fsp3) is 0.333. The average Bonchev–Trinajstić information content (AvgIpc) is 2.76. The van der Waals surface area contributed by atoms with Crippen LogP contribution in [0.15, 0.2) is 60.7 Å². The summed E-state index contributed by atoms with van der Waals surface area (Å²) in [5.41, 5.74) is 1.69. The number of amides is 2. The van der Waals surface area contributed by atoms with Gasteiger partial charge < -0.3 is 14.6 Å². The zero-order chi connectivity index (χ0) is 19.8. The van der Waals surface area contributed by atoms with Crippen LogP contribution in [0, 0.1) is 0 Å². The first-order valence-electron chi connectivity index (χ1n) is 9.28. The van der Waals surface area contributed by atoms with Crippen LogP contribution >= 0.6 is 0 Å². The van der Waals surface area contributed by atoms with E-state index in [4.69, 9.17) is 9.47 Å². The molecule has 2 aromatic rings. The van der Waals surface area contributed by atoms with Crippen LogP contribution in [0.25, 0.3) is 0 Å². The summed E-state index contributed by atoms with van der Waals surface area (Å²) in [7, 11) is 0. The van der Waals surface area contributed by atoms with Gasteiger partial charge in [-0.25, -0.2) is 19.6 Å². The summed E-state index contributed by atoms with van der Waals surface area (Å²) in [4.78, 5) is 25.3. The van der Waals surface area contributed by atoms with Crippen molar-refractivity contribution < 1.29 is 24.2 Å². The molecule has 0 aliphatic carbocycles. The lowest BCUT2D eigenvalue weighted by atomic mass is 10.1. The van der Waals surface area contributed by atoms with Crippen molar-refractivity contribution in [1.82, 2.24) is 10.0 Å². The zero-order valence-electron chi connectivity index (χ0n) is 15.6. The first kappa shape index (κ1) is 19.7. The number of aliphatic hydroxyl groups excluding tert-OH is 1. The molecule has 3 rings (SSSR count). The SMILES string of the molecule is O=C(OCc1ccccc1)N1CCC[C@H](CO)N1C(=O)OCc1ccccc1. The Balaban J connectivity index is 1.65. The molecule has 2 aromatic carbocycles. The third-order valence-corrected chi connectivity index (χ3v) is 4.53. The van der Waals surface area contributed by atoms with E-state index >= 15 is 0 Å². The van der Waals surface area contributed by atoms with Crippen LogP contribution in [0.1, 0.15) is 24.0 Å². The molecule has 1 heterocycles. The first-order chi connectivity index (χ1) is 13.7. The third-order valence-electron chi connectivity index (χ3n) is 4.53. The minimum absolute atomic E-state index is 0.0845. The molecule has 7 heteroatoms. The average molecular weight is 384 g/mol. The lowest BCUT2D eigenvalue weighted by Crippen LogP contribution is -2.59. The van der Waals surface area contributed by atoms with E-state index in [9.17, 15) is 14.7 Å². The third kappa shape index (κ3) is 5.01. The second-order valence-corrected chi connectivity index (χ2v) is 6.53. The number of rotatable bonds is 5. The van der Waals surface area contributed by atoms with Gasteiger partial charge in [0.05, 0.1) is 12.6 Å². The van der Waals surface area contributed by atoms with E-state index < -0.39 is 18.2 Å². The minimum Gasteiger partial charge on any atom is -0.443 e. The highest BCUT2D eigenvalue weighted by molar-refractivity contribution is 5.74. The van der Waals surface area contributed by atoms with Gasteiger partial charge in [0.1, 0.15) is 13.2 Å². The quantitative estimate of drug-likeness (QED) is 0.855. The van der Waals surface area contributed by atoms with Crippen molar-refractivity contribution in [3.8, 4) is 0 Å². The maximum atomic E-state index is 12.7. The van der Waals surface area contributed by atoms with Crippen LogP contribution in [-0.4, -0.2) is 46.5 Å². The highest BCUT2D eigenvalue weighted by Crippen LogP contribution is 2.21. The number of benzene rings is 2. The predicted octanol–water partition coefficient (Wildman–Crippen LogP) is 3.33. The first-order valence-corrected chi connectivity index (χ1v) is 9.28. The molecule has 7 nitrogen and oxygen atoms in total. The van der Waals surface area contributed by atoms with E-state index in [1.54, 1.807) is 0 Å². The molecular formula is C21H24N2O5. The van der Waals surface area contributed by atoms with Gasteiger partial charge >= 0.3 is 12.2 Å². The number of hydrogen-bond donors (Lipinski definition) is 1. The van der Waals surface area contributed by atoms with Crippen LogP contribution < -0.4 is 0 Å². The molecule has 1 N–H and O–H groups in total. The van der Waals surface area contributed by atoms with Gasteiger partial charge in [0.2, 0.25) is 0 Å². The topological polar surface area (TPSA) is 79.3 Å². The van der Waals surface area contributed by atoms with Gasteiger partial charge in [-0.05, 0) is 24.0 Å². The van der Waals surface area contributed by atoms with Gasteiger partial charge in [-0.15, -0.1) is 0 Å². The van der Waals surface area contributed by atoms with Crippen LogP contribution in [0.5, 0.6) is 0 Å². The van der Waals surface area contributed by atoms with Crippen molar-refractivity contribution >= 4 is 12.2 Å². The lowest BCUT2D eigenvalue weighted by molar-refractivity contribution is -0.0792. The molecule has 0 unspecified atom stereocenters. The van der Waals surface area contributed by atoms with Gasteiger partial charge in [-0.1, -0.05) is 60.7 Å². The Hall–Kier alpha value is -3.06. The molecule has 1 fully saturated rings. The Morgan fingerprint density at radius 1 is 0.893 bits per heavy atom. The highest BCUT2D eigenvalue weighted by Gasteiger charge is 2.37. The second-order valence-electron chi connectivity index (χ2n) is 6.53. The molecule has 1 aliphatic rings. The van der Waals surface area contributed by atoms with Crippen molar-refractivity contribution in [3.05, 3.63) is 71.8 Å². The molecule has 1 aliphatic heterocycles. The van der Waals surface area contributed by atoms with Gasteiger partial charge in [0.15, 0.2) is 0 Å². The van der Waals surface area contributed by atoms with E-state index in [1.165, 1.54) is 10.0 Å². The van der Waals surface area contributed by atoms with Crippen LogP contribution in [0.3, 0.4) is 0 Å². The van der Waals surface area contributed by atoms with E-state index in [-0.39, 0.29) is 19.8 Å². The van der Waals surface area contributed by atoms with E-state index in [1.807, 2.05) is 60.7 Å². The number of nitrogens with zero attached hydrogens (tertiary/aromatic N) is 2. The molecule has 0 aromatic heterocycles.